The molecule has 6 nitrogen and oxygen atoms in total. The summed E-state index contributed by atoms with van der Waals surface area (Å²) < 4.78 is 0. The first-order valence-corrected chi connectivity index (χ1v) is 7.96. The molecule has 0 radical (unpaired) electrons. The number of anilines is 1. The van der Waals surface area contributed by atoms with E-state index in [0.29, 0.717) is 23.2 Å². The van der Waals surface area contributed by atoms with Gasteiger partial charge in [-0.3, -0.25) is 9.59 Å². The minimum absolute atomic E-state index is 0.0529. The summed E-state index contributed by atoms with van der Waals surface area (Å²) in [7, 11) is 0. The van der Waals surface area contributed by atoms with E-state index in [1.54, 1.807) is 42.5 Å². The number of carbonyl (C=O) groups excluding carboxylic acids is 2. The molecule has 0 aliphatic rings. The molecule has 0 fully saturated rings. The van der Waals surface area contributed by atoms with Crippen LogP contribution in [0.15, 0.2) is 53.6 Å². The summed E-state index contributed by atoms with van der Waals surface area (Å²) in [6, 6.07) is 13.1. The molecular weight excluding hydrogens is 318 g/mol. The van der Waals surface area contributed by atoms with Crippen molar-refractivity contribution < 1.29 is 14.7 Å². The minimum Gasteiger partial charge on any atom is -0.508 e. The number of hydrogen-bond acceptors (Lipinski definition) is 4. The fourth-order valence-corrected chi connectivity index (χ4v) is 2.12. The number of hydrazone groups is 1. The lowest BCUT2D eigenvalue weighted by molar-refractivity contribution is -0.116. The summed E-state index contributed by atoms with van der Waals surface area (Å²) in [5.74, 6) is -0.000746. The van der Waals surface area contributed by atoms with Gasteiger partial charge in [-0.25, -0.2) is 5.43 Å². The highest BCUT2D eigenvalue weighted by atomic mass is 16.3. The maximum atomic E-state index is 12.0. The Bertz CT molecular complexity index is 768. The number of hydrogen-bond donors (Lipinski definition) is 3. The van der Waals surface area contributed by atoms with Gasteiger partial charge in [0.1, 0.15) is 5.75 Å². The van der Waals surface area contributed by atoms with Crippen LogP contribution in [0.5, 0.6) is 5.75 Å². The van der Waals surface area contributed by atoms with Crippen LogP contribution < -0.4 is 10.7 Å². The fourth-order valence-electron chi connectivity index (χ4n) is 2.12. The molecule has 3 N–H and O–H groups in total. The van der Waals surface area contributed by atoms with Crippen LogP contribution in [0.1, 0.15) is 36.2 Å². The average Bonchev–Trinajstić information content (AvgIpc) is 2.54. The lowest BCUT2D eigenvalue weighted by atomic mass is 10.1. The standard InChI is InChI=1S/C19H21N3O3/c1-13(2)10-18(24)21-16-8-6-15(7-9-16)19(25)22-20-12-14-4-3-5-17(23)11-14/h3-9,11-13,23H,10H2,1-2H3,(H,21,24)(H,22,25). The molecule has 0 aromatic heterocycles. The highest BCUT2D eigenvalue weighted by Gasteiger charge is 2.07. The Labute approximate surface area is 146 Å². The molecule has 0 bridgehead atoms. The van der Waals surface area contributed by atoms with Gasteiger partial charge >= 0.3 is 0 Å². The molecule has 2 aromatic rings. The smallest absolute Gasteiger partial charge is 0.271 e. The van der Waals surface area contributed by atoms with Gasteiger partial charge in [0.25, 0.3) is 5.91 Å². The first kappa shape index (κ1) is 18.2. The van der Waals surface area contributed by atoms with Gasteiger partial charge in [0, 0.05) is 17.7 Å². The Kier molecular flexibility index (Phi) is 6.28. The summed E-state index contributed by atoms with van der Waals surface area (Å²) in [4.78, 5) is 23.7. The summed E-state index contributed by atoms with van der Waals surface area (Å²) in [6.07, 6.45) is 1.89. The summed E-state index contributed by atoms with van der Waals surface area (Å²) >= 11 is 0. The summed E-state index contributed by atoms with van der Waals surface area (Å²) in [5, 5.41) is 16.0. The van der Waals surface area contributed by atoms with Crippen LogP contribution in [0, 0.1) is 5.92 Å². The molecule has 0 saturated heterocycles. The molecule has 0 atom stereocenters. The highest BCUT2D eigenvalue weighted by Crippen LogP contribution is 2.12. The van der Waals surface area contributed by atoms with E-state index in [1.807, 2.05) is 13.8 Å². The average molecular weight is 339 g/mol. The third kappa shape index (κ3) is 6.10. The number of rotatable bonds is 6. The Hall–Kier alpha value is -3.15. The molecule has 0 heterocycles. The highest BCUT2D eigenvalue weighted by molar-refractivity contribution is 5.96. The molecule has 0 spiro atoms. The van der Waals surface area contributed by atoms with E-state index in [9.17, 15) is 14.7 Å². The van der Waals surface area contributed by atoms with Crippen molar-refractivity contribution in [2.24, 2.45) is 11.0 Å². The number of carbonyl (C=O) groups is 2. The largest absolute Gasteiger partial charge is 0.508 e. The van der Waals surface area contributed by atoms with Crippen LogP contribution in [0.2, 0.25) is 0 Å². The quantitative estimate of drug-likeness (QED) is 0.558. The molecule has 0 aliphatic heterocycles. The van der Waals surface area contributed by atoms with Crippen LogP contribution in [-0.2, 0) is 4.79 Å². The van der Waals surface area contributed by atoms with Crippen molar-refractivity contribution in [1.82, 2.24) is 5.43 Å². The van der Waals surface area contributed by atoms with E-state index in [0.717, 1.165) is 0 Å². The second-order valence-corrected chi connectivity index (χ2v) is 6.02. The zero-order chi connectivity index (χ0) is 18.2. The molecule has 2 aromatic carbocycles. The molecule has 0 unspecified atom stereocenters. The van der Waals surface area contributed by atoms with Crippen LogP contribution in [0.3, 0.4) is 0 Å². The second-order valence-electron chi connectivity index (χ2n) is 6.02. The second kappa shape index (κ2) is 8.63. The Morgan fingerprint density at radius 2 is 1.88 bits per heavy atom. The lowest BCUT2D eigenvalue weighted by Crippen LogP contribution is -2.18. The predicted octanol–water partition coefficient (Wildman–Crippen LogP) is 3.14. The van der Waals surface area contributed by atoms with E-state index in [4.69, 9.17) is 0 Å². The first-order valence-electron chi connectivity index (χ1n) is 7.96. The zero-order valence-corrected chi connectivity index (χ0v) is 14.2. The van der Waals surface area contributed by atoms with Gasteiger partial charge in [-0.15, -0.1) is 0 Å². The molecule has 25 heavy (non-hydrogen) atoms. The van der Waals surface area contributed by atoms with Gasteiger partial charge in [-0.1, -0.05) is 26.0 Å². The topological polar surface area (TPSA) is 90.8 Å². The van der Waals surface area contributed by atoms with Gasteiger partial charge in [0.05, 0.1) is 6.21 Å². The van der Waals surface area contributed by atoms with Crippen LogP contribution in [0.4, 0.5) is 5.69 Å². The number of amides is 2. The lowest BCUT2D eigenvalue weighted by Gasteiger charge is -2.07. The van der Waals surface area contributed by atoms with Gasteiger partial charge < -0.3 is 10.4 Å². The molecule has 2 amide bonds. The number of nitrogens with zero attached hydrogens (tertiary/aromatic N) is 1. The van der Waals surface area contributed by atoms with Gasteiger partial charge in [0.2, 0.25) is 5.91 Å². The number of nitrogens with one attached hydrogen (secondary N) is 2. The third-order valence-corrected chi connectivity index (χ3v) is 3.27. The van der Waals surface area contributed by atoms with Crippen molar-refractivity contribution in [3.63, 3.8) is 0 Å². The third-order valence-electron chi connectivity index (χ3n) is 3.27. The molecule has 130 valence electrons. The Morgan fingerprint density at radius 1 is 1.16 bits per heavy atom. The SMILES string of the molecule is CC(C)CC(=O)Nc1ccc(C(=O)NN=Cc2cccc(O)c2)cc1. The summed E-state index contributed by atoms with van der Waals surface area (Å²) in [5.41, 5.74) is 4.15. The molecule has 6 heteroatoms. The number of phenolic OH excluding ortho intramolecular Hbond substituents is 1. The monoisotopic (exact) mass is 339 g/mol. The molecule has 0 aliphatic carbocycles. The normalized spacial score (nSPS) is 10.8. The van der Waals surface area contributed by atoms with Crippen molar-refractivity contribution in [2.75, 3.05) is 5.32 Å². The van der Waals surface area contributed by atoms with Crippen LogP contribution in [-0.4, -0.2) is 23.1 Å². The molecule has 2 rings (SSSR count). The Balaban J connectivity index is 1.90. The fraction of sp³-hybridized carbons (Fsp3) is 0.211. The van der Waals surface area contributed by atoms with Gasteiger partial charge in [0.15, 0.2) is 0 Å². The van der Waals surface area contributed by atoms with Crippen molar-refractivity contribution in [2.45, 2.75) is 20.3 Å². The van der Waals surface area contributed by atoms with Crippen molar-refractivity contribution in [3.8, 4) is 5.75 Å². The predicted molar refractivity (Wildman–Crippen MR) is 97.7 cm³/mol. The number of aromatic hydroxyl groups is 1. The van der Waals surface area contributed by atoms with E-state index in [-0.39, 0.29) is 23.5 Å². The first-order chi connectivity index (χ1) is 11.9. The maximum absolute atomic E-state index is 12.0. The van der Waals surface area contributed by atoms with E-state index in [2.05, 4.69) is 15.8 Å². The zero-order valence-electron chi connectivity index (χ0n) is 14.2. The number of phenols is 1. The van der Waals surface area contributed by atoms with Gasteiger partial charge in [-0.05, 0) is 47.9 Å². The van der Waals surface area contributed by atoms with Crippen LogP contribution in [0.25, 0.3) is 0 Å². The van der Waals surface area contributed by atoms with Gasteiger partial charge in [-0.2, -0.15) is 5.10 Å². The van der Waals surface area contributed by atoms with Crippen molar-refractivity contribution >= 4 is 23.7 Å². The maximum Gasteiger partial charge on any atom is 0.271 e. The Morgan fingerprint density at radius 3 is 2.52 bits per heavy atom. The number of benzene rings is 2. The van der Waals surface area contributed by atoms with Crippen molar-refractivity contribution in [3.05, 3.63) is 59.7 Å². The van der Waals surface area contributed by atoms with E-state index >= 15 is 0 Å². The van der Waals surface area contributed by atoms with Crippen LogP contribution >= 0.6 is 0 Å². The minimum atomic E-state index is -0.364. The van der Waals surface area contributed by atoms with E-state index < -0.39 is 0 Å². The molecule has 0 saturated carbocycles. The van der Waals surface area contributed by atoms with E-state index in [1.165, 1.54) is 12.3 Å². The molecular formula is C19H21N3O3. The summed E-state index contributed by atoms with van der Waals surface area (Å²) in [6.45, 7) is 3.95. The van der Waals surface area contributed by atoms with Crippen molar-refractivity contribution in [1.29, 1.82) is 0 Å².